The normalized spacial score (nSPS) is 24.4. The van der Waals surface area contributed by atoms with Crippen molar-refractivity contribution in [2.24, 2.45) is 10.9 Å². The first kappa shape index (κ1) is 22.4. The Morgan fingerprint density at radius 2 is 1.85 bits per heavy atom. The van der Waals surface area contributed by atoms with E-state index in [4.69, 9.17) is 19.2 Å². The number of aliphatic imine (C=N–C) groups is 1. The first-order valence-corrected chi connectivity index (χ1v) is 11.9. The Hall–Kier alpha value is -3.41. The van der Waals surface area contributed by atoms with Crippen molar-refractivity contribution in [2.75, 3.05) is 6.79 Å². The van der Waals surface area contributed by atoms with Crippen molar-refractivity contribution in [3.8, 4) is 11.5 Å². The second-order valence-electron chi connectivity index (χ2n) is 9.28. The molecule has 2 aromatic carbocycles. The third-order valence-corrected chi connectivity index (χ3v) is 7.06. The molecule has 2 aliphatic heterocycles. The third kappa shape index (κ3) is 4.02. The van der Waals surface area contributed by atoms with Crippen molar-refractivity contribution in [1.82, 2.24) is 0 Å². The molecule has 4 atom stereocenters. The van der Waals surface area contributed by atoms with Gasteiger partial charge in [-0.1, -0.05) is 43.3 Å². The highest BCUT2D eigenvalue weighted by atomic mass is 16.7. The first-order chi connectivity index (χ1) is 16.5. The minimum atomic E-state index is -0.662. The van der Waals surface area contributed by atoms with E-state index in [1.54, 1.807) is 0 Å². The standard InChI is InChI=1S/C28H29NO5/c1-4-16(2)34-28(31)25-17(3)29-21-12-20(18-8-6-5-7-9-18)13-22(30)27(21)26(25)19-10-11-23-24(14-19)33-15-32-23/h5-11,14,16,20,25-26H,4,12-13,15H2,1-3H3/t16-,20-,25?,26+/m1/s1. The van der Waals surface area contributed by atoms with Gasteiger partial charge in [-0.15, -0.1) is 0 Å². The fourth-order valence-electron chi connectivity index (χ4n) is 5.15. The molecule has 5 rings (SSSR count). The third-order valence-electron chi connectivity index (χ3n) is 7.06. The van der Waals surface area contributed by atoms with Gasteiger partial charge in [0.15, 0.2) is 17.3 Å². The van der Waals surface area contributed by atoms with Crippen LogP contribution in [0.25, 0.3) is 0 Å². The van der Waals surface area contributed by atoms with Crippen molar-refractivity contribution in [1.29, 1.82) is 0 Å². The van der Waals surface area contributed by atoms with Gasteiger partial charge in [0.2, 0.25) is 6.79 Å². The van der Waals surface area contributed by atoms with Crippen LogP contribution in [0.4, 0.5) is 0 Å². The number of rotatable bonds is 5. The van der Waals surface area contributed by atoms with Gasteiger partial charge in [0.25, 0.3) is 0 Å². The lowest BCUT2D eigenvalue weighted by Crippen LogP contribution is -2.39. The second kappa shape index (κ2) is 9.09. The summed E-state index contributed by atoms with van der Waals surface area (Å²) in [4.78, 5) is 31.9. The number of carbonyl (C=O) groups is 2. The van der Waals surface area contributed by atoms with Crippen molar-refractivity contribution < 1.29 is 23.8 Å². The van der Waals surface area contributed by atoms with E-state index < -0.39 is 11.8 Å². The molecule has 2 aromatic rings. The highest BCUT2D eigenvalue weighted by Gasteiger charge is 2.45. The Labute approximate surface area is 199 Å². The number of fused-ring (bicyclic) bond motifs is 1. The predicted octanol–water partition coefficient (Wildman–Crippen LogP) is 5.33. The Bertz CT molecular complexity index is 1180. The molecule has 0 radical (unpaired) electrons. The van der Waals surface area contributed by atoms with Gasteiger partial charge in [-0.2, -0.15) is 0 Å². The van der Waals surface area contributed by atoms with E-state index in [9.17, 15) is 9.59 Å². The smallest absolute Gasteiger partial charge is 0.315 e. The van der Waals surface area contributed by atoms with E-state index in [2.05, 4.69) is 12.1 Å². The summed E-state index contributed by atoms with van der Waals surface area (Å²) < 4.78 is 16.8. The Kier molecular flexibility index (Phi) is 5.98. The van der Waals surface area contributed by atoms with Crippen LogP contribution in [0.3, 0.4) is 0 Å². The molecule has 176 valence electrons. The quantitative estimate of drug-likeness (QED) is 0.565. The number of hydrogen-bond donors (Lipinski definition) is 0. The first-order valence-electron chi connectivity index (χ1n) is 11.9. The van der Waals surface area contributed by atoms with Crippen LogP contribution in [0, 0.1) is 5.92 Å². The number of allylic oxidation sites excluding steroid dienone is 2. The summed E-state index contributed by atoms with van der Waals surface area (Å²) in [5, 5.41) is 0. The molecule has 0 amide bonds. The van der Waals surface area contributed by atoms with Crippen LogP contribution in [0.5, 0.6) is 11.5 Å². The maximum Gasteiger partial charge on any atom is 0.315 e. The molecule has 3 aliphatic rings. The van der Waals surface area contributed by atoms with Crippen LogP contribution in [0.15, 0.2) is 64.8 Å². The molecule has 1 aliphatic carbocycles. The summed E-state index contributed by atoms with van der Waals surface area (Å²) in [5.41, 5.74) is 4.05. The van der Waals surface area contributed by atoms with Crippen molar-refractivity contribution >= 4 is 17.5 Å². The van der Waals surface area contributed by atoms with Crippen LogP contribution in [-0.4, -0.2) is 30.4 Å². The van der Waals surface area contributed by atoms with Gasteiger partial charge in [0, 0.05) is 29.3 Å². The van der Waals surface area contributed by atoms with Crippen LogP contribution in [-0.2, 0) is 14.3 Å². The van der Waals surface area contributed by atoms with Crippen LogP contribution < -0.4 is 9.47 Å². The summed E-state index contributed by atoms with van der Waals surface area (Å²) in [7, 11) is 0. The second-order valence-corrected chi connectivity index (χ2v) is 9.28. The zero-order chi connectivity index (χ0) is 23.8. The van der Waals surface area contributed by atoms with Crippen molar-refractivity contribution in [3.05, 3.63) is 70.9 Å². The Morgan fingerprint density at radius 1 is 1.09 bits per heavy atom. The molecule has 0 saturated carbocycles. The number of Topliss-reactive ketones (excluding diaryl/α,β-unsaturated/α-hetero) is 1. The van der Waals surface area contributed by atoms with Crippen molar-refractivity contribution in [3.63, 3.8) is 0 Å². The minimum absolute atomic E-state index is 0.0374. The molecular formula is C28H29NO5. The number of ketones is 1. The maximum atomic E-state index is 13.6. The van der Waals surface area contributed by atoms with Gasteiger partial charge in [-0.05, 0) is 55.9 Å². The van der Waals surface area contributed by atoms with Gasteiger partial charge in [-0.3, -0.25) is 14.6 Å². The van der Waals surface area contributed by atoms with E-state index >= 15 is 0 Å². The average Bonchev–Trinajstić information content (AvgIpc) is 3.31. The highest BCUT2D eigenvalue weighted by molar-refractivity contribution is 6.09. The number of hydrogen-bond acceptors (Lipinski definition) is 6. The molecule has 6 nitrogen and oxygen atoms in total. The minimum Gasteiger partial charge on any atom is -0.462 e. The lowest BCUT2D eigenvalue weighted by Gasteiger charge is -2.37. The molecule has 0 saturated heterocycles. The number of carbonyl (C=O) groups excluding carboxylic acids is 2. The molecule has 0 spiro atoms. The molecule has 0 bridgehead atoms. The summed E-state index contributed by atoms with van der Waals surface area (Å²) in [5.74, 6) is -0.0763. The van der Waals surface area contributed by atoms with E-state index in [1.165, 1.54) is 0 Å². The Morgan fingerprint density at radius 3 is 2.62 bits per heavy atom. The topological polar surface area (TPSA) is 74.2 Å². The van der Waals surface area contributed by atoms with Gasteiger partial charge in [0.05, 0.1) is 6.10 Å². The van der Waals surface area contributed by atoms with Crippen molar-refractivity contribution in [2.45, 2.75) is 58.0 Å². The predicted molar refractivity (Wildman–Crippen MR) is 128 cm³/mol. The number of esters is 1. The molecule has 1 unspecified atom stereocenters. The van der Waals surface area contributed by atoms with Crippen LogP contribution in [0.2, 0.25) is 0 Å². The number of nitrogens with zero attached hydrogens (tertiary/aromatic N) is 1. The monoisotopic (exact) mass is 459 g/mol. The largest absolute Gasteiger partial charge is 0.462 e. The lowest BCUT2D eigenvalue weighted by atomic mass is 9.69. The van der Waals surface area contributed by atoms with Gasteiger partial charge in [-0.25, -0.2) is 0 Å². The summed E-state index contributed by atoms with van der Waals surface area (Å²) in [6.07, 6.45) is 1.56. The molecule has 0 aromatic heterocycles. The summed E-state index contributed by atoms with van der Waals surface area (Å²) in [6, 6.07) is 15.7. The molecular weight excluding hydrogens is 430 g/mol. The zero-order valence-corrected chi connectivity index (χ0v) is 19.7. The zero-order valence-electron chi connectivity index (χ0n) is 19.7. The van der Waals surface area contributed by atoms with Gasteiger partial charge < -0.3 is 14.2 Å². The number of ether oxygens (including phenoxy) is 3. The van der Waals surface area contributed by atoms with Crippen LogP contribution >= 0.6 is 0 Å². The maximum absolute atomic E-state index is 13.6. The van der Waals surface area contributed by atoms with Gasteiger partial charge in [0.1, 0.15) is 5.92 Å². The van der Waals surface area contributed by atoms with E-state index in [0.29, 0.717) is 35.6 Å². The van der Waals surface area contributed by atoms with E-state index in [-0.39, 0.29) is 30.6 Å². The summed E-state index contributed by atoms with van der Waals surface area (Å²) in [6.45, 7) is 5.88. The number of benzene rings is 2. The lowest BCUT2D eigenvalue weighted by molar-refractivity contribution is -0.151. The molecule has 0 fully saturated rings. The Balaban J connectivity index is 1.58. The molecule has 6 heteroatoms. The van der Waals surface area contributed by atoms with E-state index in [1.807, 2.05) is 57.2 Å². The fourth-order valence-corrected chi connectivity index (χ4v) is 5.15. The highest BCUT2D eigenvalue weighted by Crippen LogP contribution is 2.48. The van der Waals surface area contributed by atoms with Gasteiger partial charge >= 0.3 is 5.97 Å². The molecule has 0 N–H and O–H groups in total. The SMILES string of the molecule is CC[C@@H](C)OC(=O)C1C(C)=NC2=C(C(=O)C[C@H](c3ccccc3)C2)[C@H]1c1ccc2c(c1)OCO2. The molecule has 2 heterocycles. The average molecular weight is 460 g/mol. The van der Waals surface area contributed by atoms with E-state index in [0.717, 1.165) is 23.2 Å². The summed E-state index contributed by atoms with van der Waals surface area (Å²) >= 11 is 0. The molecule has 34 heavy (non-hydrogen) atoms. The fraction of sp³-hybridized carbons (Fsp3) is 0.393. The van der Waals surface area contributed by atoms with Crippen LogP contribution in [0.1, 0.15) is 63.0 Å².